The van der Waals surface area contributed by atoms with Crippen LogP contribution in [0, 0.1) is 10.1 Å². The zero-order valence-corrected chi connectivity index (χ0v) is 23.6. The van der Waals surface area contributed by atoms with E-state index in [2.05, 4.69) is 19.2 Å². The molecule has 3 amide bonds. The number of nitro groups is 1. The van der Waals surface area contributed by atoms with Gasteiger partial charge >= 0.3 is 0 Å². The van der Waals surface area contributed by atoms with Crippen LogP contribution in [-0.2, 0) is 16.2 Å². The van der Waals surface area contributed by atoms with Crippen molar-refractivity contribution < 1.29 is 28.8 Å². The monoisotopic (exact) mass is 575 g/mol. The Bertz CT molecular complexity index is 1500. The van der Waals surface area contributed by atoms with Gasteiger partial charge in [-0.05, 0) is 72.1 Å². The fourth-order valence-electron chi connectivity index (χ4n) is 4.05. The molecule has 1 aliphatic heterocycles. The number of ether oxygens (including phenoxy) is 2. The number of nitro benzene ring substituents is 1. The molecule has 0 spiro atoms. The van der Waals surface area contributed by atoms with Crippen LogP contribution in [0.15, 0.2) is 71.6 Å². The summed E-state index contributed by atoms with van der Waals surface area (Å²) >= 11 is 0.748. The standard InChI is InChI=1S/C30H29N3O7S/c1-4-39-26-15-20(9-14-25(26)40-18-22-7-5-6-8-24(22)33(37)38)16-27-29(35)32(30(36)41-27)17-28(34)31-23-12-10-21(11-13-23)19(2)3/h5-16,19H,4,17-18H2,1-3H3,(H,31,34)/b27-16+. The first-order valence-corrected chi connectivity index (χ1v) is 13.7. The van der Waals surface area contributed by atoms with Crippen molar-refractivity contribution in [2.24, 2.45) is 0 Å². The Morgan fingerprint density at radius 2 is 1.78 bits per heavy atom. The molecule has 4 rings (SSSR count). The lowest BCUT2D eigenvalue weighted by Crippen LogP contribution is -2.36. The lowest BCUT2D eigenvalue weighted by molar-refractivity contribution is -0.385. The number of nitrogens with zero attached hydrogens (tertiary/aromatic N) is 2. The average Bonchev–Trinajstić information content (AvgIpc) is 3.20. The lowest BCUT2D eigenvalue weighted by atomic mass is 10.0. The van der Waals surface area contributed by atoms with Crippen molar-refractivity contribution in [1.82, 2.24) is 4.90 Å². The number of rotatable bonds is 11. The van der Waals surface area contributed by atoms with Gasteiger partial charge in [0.1, 0.15) is 13.2 Å². The van der Waals surface area contributed by atoms with E-state index in [0.29, 0.717) is 40.8 Å². The summed E-state index contributed by atoms with van der Waals surface area (Å²) in [7, 11) is 0. The van der Waals surface area contributed by atoms with Crippen molar-refractivity contribution in [2.45, 2.75) is 33.3 Å². The second-order valence-corrected chi connectivity index (χ2v) is 10.4. The van der Waals surface area contributed by atoms with Gasteiger partial charge in [0.15, 0.2) is 11.5 Å². The van der Waals surface area contributed by atoms with Gasteiger partial charge in [-0.3, -0.25) is 29.4 Å². The highest BCUT2D eigenvalue weighted by Gasteiger charge is 2.36. The van der Waals surface area contributed by atoms with Crippen LogP contribution in [0.3, 0.4) is 0 Å². The number of amides is 3. The van der Waals surface area contributed by atoms with Crippen LogP contribution in [0.1, 0.15) is 43.4 Å². The molecule has 0 aliphatic carbocycles. The molecule has 1 aliphatic rings. The summed E-state index contributed by atoms with van der Waals surface area (Å²) in [5.41, 5.74) is 2.65. The number of imide groups is 1. The Morgan fingerprint density at radius 1 is 1.05 bits per heavy atom. The molecule has 1 fully saturated rings. The number of nitrogens with one attached hydrogen (secondary N) is 1. The molecule has 11 heteroatoms. The molecule has 41 heavy (non-hydrogen) atoms. The number of benzene rings is 3. The number of anilines is 1. The highest BCUT2D eigenvalue weighted by Crippen LogP contribution is 2.35. The van der Waals surface area contributed by atoms with Gasteiger partial charge in [-0.2, -0.15) is 0 Å². The van der Waals surface area contributed by atoms with Gasteiger partial charge in [0, 0.05) is 11.8 Å². The normalized spacial score (nSPS) is 14.0. The SMILES string of the molecule is CCOc1cc(/C=C2/SC(=O)N(CC(=O)Nc3ccc(C(C)C)cc3)C2=O)ccc1OCc1ccccc1[N+](=O)[O-]. The molecule has 212 valence electrons. The third kappa shape index (κ3) is 7.31. The van der Waals surface area contributed by atoms with Gasteiger partial charge in [-0.15, -0.1) is 0 Å². The summed E-state index contributed by atoms with van der Waals surface area (Å²) in [5, 5.41) is 13.5. The van der Waals surface area contributed by atoms with Crippen LogP contribution in [0.25, 0.3) is 6.08 Å². The molecule has 0 atom stereocenters. The maximum absolute atomic E-state index is 13.0. The van der Waals surface area contributed by atoms with Gasteiger partial charge in [-0.25, -0.2) is 0 Å². The number of hydrogen-bond donors (Lipinski definition) is 1. The second-order valence-electron chi connectivity index (χ2n) is 9.41. The molecule has 1 N–H and O–H groups in total. The summed E-state index contributed by atoms with van der Waals surface area (Å²) in [6, 6.07) is 18.7. The van der Waals surface area contributed by atoms with Crippen molar-refractivity contribution in [3.8, 4) is 11.5 Å². The Morgan fingerprint density at radius 3 is 2.46 bits per heavy atom. The van der Waals surface area contributed by atoms with E-state index in [9.17, 15) is 24.5 Å². The van der Waals surface area contributed by atoms with Crippen LogP contribution in [0.4, 0.5) is 16.2 Å². The van der Waals surface area contributed by atoms with Gasteiger partial charge < -0.3 is 14.8 Å². The average molecular weight is 576 g/mol. The summed E-state index contributed by atoms with van der Waals surface area (Å²) in [6.07, 6.45) is 1.54. The van der Waals surface area contributed by atoms with Gasteiger partial charge in [-0.1, -0.05) is 44.2 Å². The summed E-state index contributed by atoms with van der Waals surface area (Å²) in [5.74, 6) is 0.0494. The molecular formula is C30H29N3O7S. The van der Waals surface area contributed by atoms with Crippen LogP contribution in [0.5, 0.6) is 11.5 Å². The molecule has 0 unspecified atom stereocenters. The molecule has 1 saturated heterocycles. The van der Waals surface area contributed by atoms with Gasteiger partial charge in [0.25, 0.3) is 16.8 Å². The van der Waals surface area contributed by atoms with Gasteiger partial charge in [0.2, 0.25) is 5.91 Å². The van der Waals surface area contributed by atoms with Crippen molar-refractivity contribution >= 4 is 46.3 Å². The zero-order valence-electron chi connectivity index (χ0n) is 22.8. The summed E-state index contributed by atoms with van der Waals surface area (Å²) in [6.45, 7) is 5.82. The van der Waals surface area contributed by atoms with E-state index in [4.69, 9.17) is 9.47 Å². The fourth-order valence-corrected chi connectivity index (χ4v) is 4.89. The first kappa shape index (κ1) is 29.3. The first-order chi connectivity index (χ1) is 19.7. The molecule has 0 bridgehead atoms. The van der Waals surface area contributed by atoms with Crippen LogP contribution in [-0.4, -0.2) is 40.0 Å². The number of para-hydroxylation sites is 1. The molecule has 0 saturated carbocycles. The smallest absolute Gasteiger partial charge is 0.294 e. The number of carbonyl (C=O) groups is 3. The largest absolute Gasteiger partial charge is 0.490 e. The van der Waals surface area contributed by atoms with Gasteiger partial charge in [0.05, 0.1) is 22.0 Å². The highest BCUT2D eigenvalue weighted by atomic mass is 32.2. The van der Waals surface area contributed by atoms with E-state index in [1.807, 2.05) is 12.1 Å². The minimum Gasteiger partial charge on any atom is -0.490 e. The second kappa shape index (κ2) is 13.1. The summed E-state index contributed by atoms with van der Waals surface area (Å²) < 4.78 is 11.5. The van der Waals surface area contributed by atoms with Crippen molar-refractivity contribution in [2.75, 3.05) is 18.5 Å². The molecular weight excluding hydrogens is 546 g/mol. The zero-order chi connectivity index (χ0) is 29.5. The Kier molecular flexibility index (Phi) is 9.41. The number of thioether (sulfide) groups is 1. The van der Waals surface area contributed by atoms with E-state index in [1.54, 1.807) is 61.5 Å². The van der Waals surface area contributed by atoms with E-state index < -0.39 is 28.5 Å². The topological polar surface area (TPSA) is 128 Å². The summed E-state index contributed by atoms with van der Waals surface area (Å²) in [4.78, 5) is 50.0. The maximum atomic E-state index is 13.0. The molecule has 0 radical (unpaired) electrons. The van der Waals surface area contributed by atoms with E-state index >= 15 is 0 Å². The minimum absolute atomic E-state index is 0.0423. The van der Waals surface area contributed by atoms with E-state index in [0.717, 1.165) is 22.2 Å². The third-order valence-electron chi connectivity index (χ3n) is 6.17. The highest BCUT2D eigenvalue weighted by molar-refractivity contribution is 8.18. The third-order valence-corrected chi connectivity index (χ3v) is 7.08. The molecule has 1 heterocycles. The Labute approximate surface area is 241 Å². The fraction of sp³-hybridized carbons (Fsp3) is 0.233. The molecule has 10 nitrogen and oxygen atoms in total. The molecule has 0 aromatic heterocycles. The Balaban J connectivity index is 1.44. The van der Waals surface area contributed by atoms with E-state index in [-0.39, 0.29) is 17.2 Å². The van der Waals surface area contributed by atoms with E-state index in [1.165, 1.54) is 6.07 Å². The predicted molar refractivity (Wildman–Crippen MR) is 157 cm³/mol. The molecule has 3 aromatic rings. The van der Waals surface area contributed by atoms with Crippen molar-refractivity contribution in [1.29, 1.82) is 0 Å². The maximum Gasteiger partial charge on any atom is 0.294 e. The quantitative estimate of drug-likeness (QED) is 0.159. The van der Waals surface area contributed by atoms with Crippen LogP contribution < -0.4 is 14.8 Å². The van der Waals surface area contributed by atoms with Crippen molar-refractivity contribution in [3.63, 3.8) is 0 Å². The van der Waals surface area contributed by atoms with Crippen LogP contribution >= 0.6 is 11.8 Å². The first-order valence-electron chi connectivity index (χ1n) is 12.9. The van der Waals surface area contributed by atoms with Crippen molar-refractivity contribution in [3.05, 3.63) is 98.4 Å². The number of hydrogen-bond acceptors (Lipinski definition) is 8. The number of carbonyl (C=O) groups excluding carboxylic acids is 3. The minimum atomic E-state index is -0.569. The lowest BCUT2D eigenvalue weighted by Gasteiger charge is -2.13. The predicted octanol–water partition coefficient (Wildman–Crippen LogP) is 6.37. The Hall–Kier alpha value is -4.64. The van der Waals surface area contributed by atoms with Crippen LogP contribution in [0.2, 0.25) is 0 Å². The molecule has 3 aromatic carbocycles.